The summed E-state index contributed by atoms with van der Waals surface area (Å²) in [6, 6.07) is 11.0. The van der Waals surface area contributed by atoms with E-state index in [2.05, 4.69) is 0 Å². The van der Waals surface area contributed by atoms with Crippen LogP contribution in [-0.2, 0) is 14.8 Å². The fourth-order valence-electron chi connectivity index (χ4n) is 3.49. The minimum atomic E-state index is -3.77. The predicted molar refractivity (Wildman–Crippen MR) is 111 cm³/mol. The molecule has 0 aromatic heterocycles. The lowest BCUT2D eigenvalue weighted by Crippen LogP contribution is -2.52. The number of rotatable bonds is 5. The van der Waals surface area contributed by atoms with Crippen LogP contribution in [0, 0.1) is 19.7 Å². The summed E-state index contributed by atoms with van der Waals surface area (Å²) in [7, 11) is -1.89. The molecular formula is C21H26FN3O3S. The van der Waals surface area contributed by atoms with Crippen molar-refractivity contribution < 1.29 is 17.6 Å². The van der Waals surface area contributed by atoms with Crippen LogP contribution in [0.15, 0.2) is 47.4 Å². The van der Waals surface area contributed by atoms with Crippen LogP contribution in [0.2, 0.25) is 0 Å². The number of benzene rings is 2. The van der Waals surface area contributed by atoms with Crippen LogP contribution in [-0.4, -0.2) is 63.3 Å². The molecule has 8 heteroatoms. The fourth-order valence-corrected chi connectivity index (χ4v) is 4.95. The highest BCUT2D eigenvalue weighted by Gasteiger charge is 2.30. The summed E-state index contributed by atoms with van der Waals surface area (Å²) in [6.07, 6.45) is 0. The van der Waals surface area contributed by atoms with Gasteiger partial charge in [-0.2, -0.15) is 4.31 Å². The Morgan fingerprint density at radius 3 is 2.38 bits per heavy atom. The first kappa shape index (κ1) is 21.3. The van der Waals surface area contributed by atoms with Gasteiger partial charge in [-0.3, -0.25) is 4.79 Å². The van der Waals surface area contributed by atoms with E-state index < -0.39 is 15.8 Å². The van der Waals surface area contributed by atoms with E-state index in [0.717, 1.165) is 22.9 Å². The standard InChI is InChI=1S/C21H26FN3O3S/c1-16-6-4-9-20(17(16)2)23(3)15-21(26)24-10-12-25(13-11-24)29(27,28)19-8-5-7-18(22)14-19/h4-9,14H,10-13,15H2,1-3H3. The molecule has 0 spiro atoms. The maximum absolute atomic E-state index is 13.4. The Hall–Kier alpha value is -2.45. The smallest absolute Gasteiger partial charge is 0.243 e. The SMILES string of the molecule is Cc1cccc(N(C)CC(=O)N2CCN(S(=O)(=O)c3cccc(F)c3)CC2)c1C. The molecule has 0 bridgehead atoms. The minimum Gasteiger partial charge on any atom is -0.365 e. The molecule has 2 aromatic rings. The quantitative estimate of drug-likeness (QED) is 0.747. The third-order valence-electron chi connectivity index (χ3n) is 5.38. The van der Waals surface area contributed by atoms with Crippen LogP contribution in [0.1, 0.15) is 11.1 Å². The highest BCUT2D eigenvalue weighted by Crippen LogP contribution is 2.22. The molecule has 1 aliphatic rings. The van der Waals surface area contributed by atoms with E-state index in [1.807, 2.05) is 44.0 Å². The average molecular weight is 420 g/mol. The molecule has 29 heavy (non-hydrogen) atoms. The van der Waals surface area contributed by atoms with Gasteiger partial charge in [-0.1, -0.05) is 18.2 Å². The van der Waals surface area contributed by atoms with Crippen LogP contribution in [0.4, 0.5) is 10.1 Å². The van der Waals surface area contributed by atoms with Crippen molar-refractivity contribution in [2.24, 2.45) is 0 Å². The summed E-state index contributed by atoms with van der Waals surface area (Å²) in [4.78, 5) is 16.2. The fraction of sp³-hybridized carbons (Fsp3) is 0.381. The van der Waals surface area contributed by atoms with E-state index in [-0.39, 0.29) is 30.4 Å². The predicted octanol–water partition coefficient (Wildman–Crippen LogP) is 2.41. The van der Waals surface area contributed by atoms with E-state index in [9.17, 15) is 17.6 Å². The van der Waals surface area contributed by atoms with E-state index >= 15 is 0 Å². The Bertz CT molecular complexity index is 1000. The van der Waals surface area contributed by atoms with Crippen LogP contribution in [0.5, 0.6) is 0 Å². The van der Waals surface area contributed by atoms with Crippen LogP contribution in [0.25, 0.3) is 0 Å². The molecule has 156 valence electrons. The largest absolute Gasteiger partial charge is 0.365 e. The topological polar surface area (TPSA) is 60.9 Å². The van der Waals surface area contributed by atoms with Crippen molar-refractivity contribution in [3.8, 4) is 0 Å². The molecule has 1 fully saturated rings. The van der Waals surface area contributed by atoms with Gasteiger partial charge in [-0.25, -0.2) is 12.8 Å². The van der Waals surface area contributed by atoms with Crippen LogP contribution >= 0.6 is 0 Å². The Kier molecular flexibility index (Phi) is 6.24. The zero-order valence-corrected chi connectivity index (χ0v) is 17.7. The number of hydrogen-bond acceptors (Lipinski definition) is 4. The maximum Gasteiger partial charge on any atom is 0.243 e. The number of carbonyl (C=O) groups excluding carboxylic acids is 1. The van der Waals surface area contributed by atoms with E-state index in [1.165, 1.54) is 22.5 Å². The first-order chi connectivity index (χ1) is 13.7. The number of piperazine rings is 1. The van der Waals surface area contributed by atoms with Gasteiger partial charge in [0.05, 0.1) is 11.4 Å². The Morgan fingerprint density at radius 2 is 1.72 bits per heavy atom. The van der Waals surface area contributed by atoms with Crippen molar-refractivity contribution in [2.75, 3.05) is 44.7 Å². The van der Waals surface area contributed by atoms with Gasteiger partial charge in [0.15, 0.2) is 0 Å². The van der Waals surface area contributed by atoms with E-state index in [4.69, 9.17) is 0 Å². The highest BCUT2D eigenvalue weighted by atomic mass is 32.2. The molecular weight excluding hydrogens is 393 g/mol. The van der Waals surface area contributed by atoms with Crippen molar-refractivity contribution in [3.63, 3.8) is 0 Å². The molecule has 1 aliphatic heterocycles. The summed E-state index contributed by atoms with van der Waals surface area (Å²) in [5.41, 5.74) is 3.30. The first-order valence-electron chi connectivity index (χ1n) is 9.51. The van der Waals surface area contributed by atoms with Crippen LogP contribution in [0.3, 0.4) is 0 Å². The van der Waals surface area contributed by atoms with Crippen molar-refractivity contribution in [1.29, 1.82) is 0 Å². The van der Waals surface area contributed by atoms with Gasteiger partial charge in [0.2, 0.25) is 15.9 Å². The summed E-state index contributed by atoms with van der Waals surface area (Å²) >= 11 is 0. The van der Waals surface area contributed by atoms with Crippen molar-refractivity contribution in [3.05, 3.63) is 59.4 Å². The lowest BCUT2D eigenvalue weighted by molar-refractivity contribution is -0.130. The van der Waals surface area contributed by atoms with Gasteiger partial charge >= 0.3 is 0 Å². The van der Waals surface area contributed by atoms with Gasteiger partial charge in [-0.05, 0) is 49.2 Å². The Balaban J connectivity index is 1.61. The van der Waals surface area contributed by atoms with Crippen molar-refractivity contribution in [1.82, 2.24) is 9.21 Å². The molecule has 0 saturated carbocycles. The molecule has 0 atom stereocenters. The molecule has 2 aromatic carbocycles. The van der Waals surface area contributed by atoms with Gasteiger partial charge in [-0.15, -0.1) is 0 Å². The van der Waals surface area contributed by atoms with Crippen molar-refractivity contribution >= 4 is 21.6 Å². The second kappa shape index (κ2) is 8.51. The first-order valence-corrected chi connectivity index (χ1v) is 10.9. The second-order valence-electron chi connectivity index (χ2n) is 7.32. The Morgan fingerprint density at radius 1 is 1.07 bits per heavy atom. The van der Waals surface area contributed by atoms with Crippen LogP contribution < -0.4 is 4.90 Å². The molecule has 3 rings (SSSR count). The zero-order chi connectivity index (χ0) is 21.2. The van der Waals surface area contributed by atoms with Gasteiger partial charge in [0.25, 0.3) is 0 Å². The molecule has 1 amide bonds. The van der Waals surface area contributed by atoms with Gasteiger partial charge < -0.3 is 9.80 Å². The molecule has 1 saturated heterocycles. The third-order valence-corrected chi connectivity index (χ3v) is 7.28. The van der Waals surface area contributed by atoms with E-state index in [1.54, 1.807) is 4.90 Å². The molecule has 1 heterocycles. The van der Waals surface area contributed by atoms with Crippen molar-refractivity contribution in [2.45, 2.75) is 18.7 Å². The normalized spacial score (nSPS) is 15.4. The summed E-state index contributed by atoms with van der Waals surface area (Å²) in [5, 5.41) is 0. The zero-order valence-electron chi connectivity index (χ0n) is 16.9. The molecule has 0 unspecified atom stereocenters. The summed E-state index contributed by atoms with van der Waals surface area (Å²) < 4.78 is 40.1. The monoisotopic (exact) mass is 419 g/mol. The van der Waals surface area contributed by atoms with Gasteiger partial charge in [0.1, 0.15) is 5.82 Å². The molecule has 6 nitrogen and oxygen atoms in total. The molecule has 0 aliphatic carbocycles. The second-order valence-corrected chi connectivity index (χ2v) is 9.26. The number of likely N-dealkylation sites (N-methyl/N-ethyl adjacent to an activating group) is 1. The third kappa shape index (κ3) is 4.59. The summed E-state index contributed by atoms with van der Waals surface area (Å²) in [6.45, 7) is 5.30. The highest BCUT2D eigenvalue weighted by molar-refractivity contribution is 7.89. The number of aryl methyl sites for hydroxylation is 1. The average Bonchev–Trinajstić information content (AvgIpc) is 2.70. The number of carbonyl (C=O) groups is 1. The number of nitrogens with zero attached hydrogens (tertiary/aromatic N) is 3. The lowest BCUT2D eigenvalue weighted by Gasteiger charge is -2.35. The number of halogens is 1. The molecule has 0 radical (unpaired) electrons. The maximum atomic E-state index is 13.4. The van der Waals surface area contributed by atoms with E-state index in [0.29, 0.717) is 13.1 Å². The Labute approximate surface area is 171 Å². The van der Waals surface area contributed by atoms with Gasteiger partial charge in [0, 0.05) is 38.9 Å². The summed E-state index contributed by atoms with van der Waals surface area (Å²) in [5.74, 6) is -0.634. The molecule has 0 N–H and O–H groups in total. The number of anilines is 1. The number of hydrogen-bond donors (Lipinski definition) is 0. The minimum absolute atomic E-state index is 0.0452. The number of amides is 1. The lowest BCUT2D eigenvalue weighted by atomic mass is 10.1. The number of sulfonamides is 1.